The third-order valence-corrected chi connectivity index (χ3v) is 3.33. The molecule has 0 aliphatic heterocycles. The van der Waals surface area contributed by atoms with Crippen LogP contribution in [0.5, 0.6) is 0 Å². The minimum absolute atomic E-state index is 0.138. The molecule has 7 heteroatoms. The number of carbonyl (C=O) groups excluding carboxylic acids is 1. The van der Waals surface area contributed by atoms with Crippen molar-refractivity contribution in [2.24, 2.45) is 0 Å². The predicted octanol–water partition coefficient (Wildman–Crippen LogP) is 1.10. The van der Waals surface area contributed by atoms with E-state index in [2.05, 4.69) is 5.32 Å². The molecule has 0 spiro atoms. The van der Waals surface area contributed by atoms with Gasteiger partial charge in [0.2, 0.25) is 0 Å². The third kappa shape index (κ3) is 3.85. The summed E-state index contributed by atoms with van der Waals surface area (Å²) in [5.74, 6) is -2.82. The molecule has 0 saturated carbocycles. The minimum Gasteiger partial charge on any atom is -0.481 e. The highest BCUT2D eigenvalue weighted by Crippen LogP contribution is 2.15. The lowest BCUT2D eigenvalue weighted by Crippen LogP contribution is -2.41. The molecule has 1 amide bonds. The fourth-order valence-electron chi connectivity index (χ4n) is 1.35. The summed E-state index contributed by atoms with van der Waals surface area (Å²) >= 11 is 1.21. The minimum atomic E-state index is -1.24. The highest BCUT2D eigenvalue weighted by molar-refractivity contribution is 7.12. The van der Waals surface area contributed by atoms with Gasteiger partial charge < -0.3 is 15.5 Å². The second kappa shape index (κ2) is 6.15. The first-order valence-electron chi connectivity index (χ1n) is 5.21. The van der Waals surface area contributed by atoms with Gasteiger partial charge in [0.25, 0.3) is 5.91 Å². The molecular formula is C11H13NO5S. The van der Waals surface area contributed by atoms with Crippen LogP contribution >= 0.6 is 11.3 Å². The van der Waals surface area contributed by atoms with Crippen molar-refractivity contribution in [1.82, 2.24) is 5.32 Å². The van der Waals surface area contributed by atoms with Gasteiger partial charge in [-0.25, -0.2) is 4.79 Å². The zero-order valence-corrected chi connectivity index (χ0v) is 10.5. The number of carboxylic acid groups (broad SMARTS) is 2. The van der Waals surface area contributed by atoms with Gasteiger partial charge in [0.15, 0.2) is 0 Å². The highest BCUT2D eigenvalue weighted by Gasteiger charge is 2.22. The number of nitrogens with one attached hydrogen (secondary N) is 1. The Hall–Kier alpha value is -1.89. The highest BCUT2D eigenvalue weighted by atomic mass is 32.1. The first kappa shape index (κ1) is 14.2. The van der Waals surface area contributed by atoms with Gasteiger partial charge in [-0.2, -0.15) is 0 Å². The zero-order chi connectivity index (χ0) is 13.7. The second-order valence-electron chi connectivity index (χ2n) is 3.73. The molecule has 0 radical (unpaired) electrons. The average Bonchev–Trinajstić information content (AvgIpc) is 2.69. The topological polar surface area (TPSA) is 104 Å². The molecule has 0 aliphatic rings. The first-order chi connectivity index (χ1) is 8.41. The summed E-state index contributed by atoms with van der Waals surface area (Å²) in [5, 5.41) is 21.5. The average molecular weight is 271 g/mol. The number of rotatable bonds is 6. The predicted molar refractivity (Wildman–Crippen MR) is 64.8 cm³/mol. The molecule has 1 rings (SSSR count). The van der Waals surface area contributed by atoms with Crippen molar-refractivity contribution in [2.75, 3.05) is 0 Å². The molecule has 18 heavy (non-hydrogen) atoms. The summed E-state index contributed by atoms with van der Waals surface area (Å²) in [5.41, 5.74) is 0.764. The van der Waals surface area contributed by atoms with E-state index in [1.54, 1.807) is 18.4 Å². The van der Waals surface area contributed by atoms with Gasteiger partial charge >= 0.3 is 11.9 Å². The van der Waals surface area contributed by atoms with Gasteiger partial charge in [-0.15, -0.1) is 11.3 Å². The molecule has 6 nitrogen and oxygen atoms in total. The second-order valence-corrected chi connectivity index (χ2v) is 4.65. The van der Waals surface area contributed by atoms with Crippen LogP contribution in [0.4, 0.5) is 0 Å². The van der Waals surface area contributed by atoms with Gasteiger partial charge in [-0.1, -0.05) is 0 Å². The Morgan fingerprint density at radius 1 is 1.39 bits per heavy atom. The first-order valence-corrected chi connectivity index (χ1v) is 6.09. The monoisotopic (exact) mass is 271 g/mol. The van der Waals surface area contributed by atoms with Crippen molar-refractivity contribution in [3.8, 4) is 0 Å². The summed E-state index contributed by atoms with van der Waals surface area (Å²) < 4.78 is 0. The van der Waals surface area contributed by atoms with Crippen molar-refractivity contribution in [2.45, 2.75) is 25.8 Å². The summed E-state index contributed by atoms with van der Waals surface area (Å²) in [6.45, 7) is 1.75. The Bertz CT molecular complexity index is 468. The number of aliphatic carboxylic acids is 2. The Morgan fingerprint density at radius 2 is 2.06 bits per heavy atom. The molecule has 1 aromatic heterocycles. The Morgan fingerprint density at radius 3 is 2.50 bits per heavy atom. The number of carbonyl (C=O) groups is 3. The largest absolute Gasteiger partial charge is 0.481 e. The lowest BCUT2D eigenvalue weighted by molar-refractivity contribution is -0.140. The Kier molecular flexibility index (Phi) is 4.85. The van der Waals surface area contributed by atoms with Gasteiger partial charge in [0.05, 0.1) is 4.88 Å². The van der Waals surface area contributed by atoms with E-state index in [0.717, 1.165) is 5.56 Å². The van der Waals surface area contributed by atoms with E-state index < -0.39 is 23.9 Å². The van der Waals surface area contributed by atoms with E-state index in [4.69, 9.17) is 10.2 Å². The number of aryl methyl sites for hydroxylation is 1. The van der Waals surface area contributed by atoms with Crippen LogP contribution in [-0.4, -0.2) is 34.1 Å². The smallest absolute Gasteiger partial charge is 0.326 e. The van der Waals surface area contributed by atoms with Crippen molar-refractivity contribution in [3.63, 3.8) is 0 Å². The third-order valence-electron chi connectivity index (χ3n) is 2.32. The maximum Gasteiger partial charge on any atom is 0.326 e. The van der Waals surface area contributed by atoms with Gasteiger partial charge in [-0.05, 0) is 30.4 Å². The quantitative estimate of drug-likeness (QED) is 0.719. The van der Waals surface area contributed by atoms with Gasteiger partial charge in [-0.3, -0.25) is 9.59 Å². The van der Waals surface area contributed by atoms with Crippen molar-refractivity contribution in [3.05, 3.63) is 21.9 Å². The van der Waals surface area contributed by atoms with Gasteiger partial charge in [0.1, 0.15) is 6.04 Å². The molecule has 0 bridgehead atoms. The summed E-state index contributed by atoms with van der Waals surface area (Å²) in [6, 6.07) is 0.571. The Balaban J connectivity index is 2.67. The van der Waals surface area contributed by atoms with Crippen LogP contribution in [0, 0.1) is 6.92 Å². The van der Waals surface area contributed by atoms with Crippen molar-refractivity contribution in [1.29, 1.82) is 0 Å². The number of amides is 1. The van der Waals surface area contributed by atoms with Crippen LogP contribution in [0.3, 0.4) is 0 Å². The molecule has 1 aromatic rings. The Labute approximate surface area is 107 Å². The van der Waals surface area contributed by atoms with E-state index >= 15 is 0 Å². The van der Waals surface area contributed by atoms with Crippen LogP contribution in [-0.2, 0) is 9.59 Å². The van der Waals surface area contributed by atoms with E-state index in [1.165, 1.54) is 11.3 Å². The van der Waals surface area contributed by atoms with Crippen molar-refractivity contribution >= 4 is 29.2 Å². The zero-order valence-electron chi connectivity index (χ0n) is 9.67. The maximum absolute atomic E-state index is 11.8. The number of carboxylic acids is 2. The molecule has 1 atom stereocenters. The molecule has 98 valence electrons. The van der Waals surface area contributed by atoms with Crippen LogP contribution in [0.1, 0.15) is 28.1 Å². The number of hydrogen-bond donors (Lipinski definition) is 3. The number of thiophene rings is 1. The molecule has 0 fully saturated rings. The maximum atomic E-state index is 11.8. The molecule has 3 N–H and O–H groups in total. The van der Waals surface area contributed by atoms with E-state index in [9.17, 15) is 14.4 Å². The fourth-order valence-corrected chi connectivity index (χ4v) is 2.18. The van der Waals surface area contributed by atoms with E-state index in [-0.39, 0.29) is 12.8 Å². The van der Waals surface area contributed by atoms with E-state index in [1.807, 2.05) is 0 Å². The summed E-state index contributed by atoms with van der Waals surface area (Å²) in [4.78, 5) is 33.5. The van der Waals surface area contributed by atoms with Crippen LogP contribution < -0.4 is 5.32 Å². The van der Waals surface area contributed by atoms with E-state index in [0.29, 0.717) is 4.88 Å². The molecule has 0 aromatic carbocycles. The lowest BCUT2D eigenvalue weighted by atomic mass is 10.1. The molecule has 0 saturated heterocycles. The molecule has 0 aliphatic carbocycles. The molecular weight excluding hydrogens is 258 g/mol. The summed E-state index contributed by atoms with van der Waals surface area (Å²) in [7, 11) is 0. The number of hydrogen-bond acceptors (Lipinski definition) is 4. The summed E-state index contributed by atoms with van der Waals surface area (Å²) in [6.07, 6.45) is -0.443. The van der Waals surface area contributed by atoms with Crippen LogP contribution in [0.25, 0.3) is 0 Å². The SMILES string of the molecule is Cc1ccsc1C(=O)N[C@@H](CCC(=O)O)C(=O)O. The van der Waals surface area contributed by atoms with Crippen molar-refractivity contribution < 1.29 is 24.6 Å². The van der Waals surface area contributed by atoms with Crippen LogP contribution in [0.2, 0.25) is 0 Å². The van der Waals surface area contributed by atoms with Gasteiger partial charge in [0, 0.05) is 6.42 Å². The molecule has 1 heterocycles. The normalized spacial score (nSPS) is 11.8. The fraction of sp³-hybridized carbons (Fsp3) is 0.364. The van der Waals surface area contributed by atoms with Crippen LogP contribution in [0.15, 0.2) is 11.4 Å². The lowest BCUT2D eigenvalue weighted by Gasteiger charge is -2.13. The molecule has 0 unspecified atom stereocenters. The standard InChI is InChI=1S/C11H13NO5S/c1-6-4-5-18-9(6)10(15)12-7(11(16)17)2-3-8(13)14/h4-5,7H,2-3H2,1H3,(H,12,15)(H,13,14)(H,16,17)/t7-/m0/s1.